The Morgan fingerprint density at radius 3 is 2.25 bits per heavy atom. The maximum atomic E-state index is 12.3. The highest BCUT2D eigenvalue weighted by atomic mass is 32.2. The first kappa shape index (κ1) is 21.0. The fourth-order valence-corrected chi connectivity index (χ4v) is 5.11. The molecule has 0 bridgehead atoms. The molecule has 0 radical (unpaired) electrons. The Balaban J connectivity index is 1.60. The van der Waals surface area contributed by atoms with Crippen LogP contribution in [0.2, 0.25) is 0 Å². The third kappa shape index (κ3) is 5.43. The fourth-order valence-electron chi connectivity index (χ4n) is 3.83. The summed E-state index contributed by atoms with van der Waals surface area (Å²) in [6, 6.07) is 16.5. The highest BCUT2D eigenvalue weighted by Gasteiger charge is 2.19. The van der Waals surface area contributed by atoms with Crippen LogP contribution in [0.4, 0.5) is 0 Å². The third-order valence-electron chi connectivity index (χ3n) is 5.64. The van der Waals surface area contributed by atoms with Gasteiger partial charge in [0.2, 0.25) is 0 Å². The maximum Gasteiger partial charge on any atom is 0.178 e. The molecule has 2 aromatic rings. The zero-order valence-corrected chi connectivity index (χ0v) is 17.7. The molecule has 1 atom stereocenters. The highest BCUT2D eigenvalue weighted by molar-refractivity contribution is 7.91. The molecule has 1 aliphatic heterocycles. The van der Waals surface area contributed by atoms with Crippen LogP contribution < -0.4 is 0 Å². The number of methoxy groups -OCH3 is 1. The van der Waals surface area contributed by atoms with Gasteiger partial charge in [-0.25, -0.2) is 8.42 Å². The van der Waals surface area contributed by atoms with Crippen molar-refractivity contribution in [2.45, 2.75) is 43.5 Å². The lowest BCUT2D eigenvalue weighted by Gasteiger charge is -2.20. The molecule has 1 fully saturated rings. The molecule has 2 aromatic carbocycles. The van der Waals surface area contributed by atoms with Crippen LogP contribution in [-0.4, -0.2) is 51.9 Å². The molecule has 0 spiro atoms. The zero-order valence-electron chi connectivity index (χ0n) is 16.9. The van der Waals surface area contributed by atoms with Gasteiger partial charge in [-0.2, -0.15) is 0 Å². The van der Waals surface area contributed by atoms with E-state index in [1.54, 1.807) is 19.2 Å². The van der Waals surface area contributed by atoms with Crippen LogP contribution >= 0.6 is 0 Å². The van der Waals surface area contributed by atoms with Crippen molar-refractivity contribution in [3.05, 3.63) is 54.1 Å². The molecule has 0 amide bonds. The van der Waals surface area contributed by atoms with Gasteiger partial charge >= 0.3 is 0 Å². The van der Waals surface area contributed by atoms with E-state index in [2.05, 4.69) is 36.1 Å². The lowest BCUT2D eigenvalue weighted by Crippen LogP contribution is -2.28. The van der Waals surface area contributed by atoms with Gasteiger partial charge < -0.3 is 9.64 Å². The maximum absolute atomic E-state index is 12.3. The summed E-state index contributed by atoms with van der Waals surface area (Å²) in [6.07, 6.45) is 4.22. The van der Waals surface area contributed by atoms with Gasteiger partial charge in [0.1, 0.15) is 0 Å². The minimum atomic E-state index is -3.24. The normalized spacial score (nSPS) is 17.9. The first-order chi connectivity index (χ1) is 13.5. The van der Waals surface area contributed by atoms with E-state index in [1.807, 2.05) is 12.1 Å². The minimum Gasteiger partial charge on any atom is -0.385 e. The summed E-state index contributed by atoms with van der Waals surface area (Å²) in [4.78, 5) is 2.95. The van der Waals surface area contributed by atoms with Gasteiger partial charge in [-0.05, 0) is 68.0 Å². The van der Waals surface area contributed by atoms with Gasteiger partial charge in [0.25, 0.3) is 0 Å². The topological polar surface area (TPSA) is 46.6 Å². The van der Waals surface area contributed by atoms with E-state index in [0.29, 0.717) is 24.0 Å². The monoisotopic (exact) mass is 401 g/mol. The zero-order chi connectivity index (χ0) is 20.0. The van der Waals surface area contributed by atoms with Crippen molar-refractivity contribution in [3.8, 4) is 11.1 Å². The summed E-state index contributed by atoms with van der Waals surface area (Å²) in [5.74, 6) is 0.116. The first-order valence-corrected chi connectivity index (χ1v) is 11.8. The molecule has 3 rings (SSSR count). The minimum absolute atomic E-state index is 0.116. The Morgan fingerprint density at radius 1 is 1.04 bits per heavy atom. The first-order valence-electron chi connectivity index (χ1n) is 10.1. The van der Waals surface area contributed by atoms with E-state index < -0.39 is 9.84 Å². The molecular weight excluding hydrogens is 370 g/mol. The van der Waals surface area contributed by atoms with E-state index >= 15 is 0 Å². The van der Waals surface area contributed by atoms with Crippen molar-refractivity contribution in [3.63, 3.8) is 0 Å². The van der Waals surface area contributed by atoms with Crippen molar-refractivity contribution in [2.75, 3.05) is 32.6 Å². The molecule has 4 nitrogen and oxygen atoms in total. The van der Waals surface area contributed by atoms with Crippen LogP contribution in [-0.2, 0) is 21.0 Å². The third-order valence-corrected chi connectivity index (χ3v) is 7.46. The van der Waals surface area contributed by atoms with E-state index in [0.717, 1.165) is 24.1 Å². The standard InChI is InChI=1S/C23H31NO3S/c1-19-5-3-15-24(19)16-14-20-6-8-21(9-7-20)22-10-12-23(13-11-22)28(25,26)18-4-17-27-2/h6-13,19H,3-5,14-18H2,1-2H3/t19-/m0/s1. The highest BCUT2D eigenvalue weighted by Crippen LogP contribution is 2.23. The molecule has 0 aromatic heterocycles. The lowest BCUT2D eigenvalue weighted by atomic mass is 10.0. The molecule has 1 heterocycles. The molecule has 0 saturated carbocycles. The summed E-state index contributed by atoms with van der Waals surface area (Å²) in [5, 5.41) is 0. The molecule has 1 aliphatic rings. The number of benzene rings is 2. The second kappa shape index (κ2) is 9.68. The van der Waals surface area contributed by atoms with Crippen molar-refractivity contribution in [2.24, 2.45) is 0 Å². The number of ether oxygens (including phenoxy) is 1. The largest absolute Gasteiger partial charge is 0.385 e. The van der Waals surface area contributed by atoms with E-state index in [4.69, 9.17) is 4.74 Å². The summed E-state index contributed by atoms with van der Waals surface area (Å²) < 4.78 is 29.6. The number of likely N-dealkylation sites (tertiary alicyclic amines) is 1. The average Bonchev–Trinajstić information content (AvgIpc) is 3.12. The second-order valence-corrected chi connectivity index (χ2v) is 9.77. The van der Waals surface area contributed by atoms with Gasteiger partial charge in [-0.3, -0.25) is 0 Å². The Morgan fingerprint density at radius 2 is 1.68 bits per heavy atom. The van der Waals surface area contributed by atoms with Gasteiger partial charge in [0.15, 0.2) is 9.84 Å². The number of sulfone groups is 1. The van der Waals surface area contributed by atoms with E-state index in [-0.39, 0.29) is 5.75 Å². The smallest absolute Gasteiger partial charge is 0.178 e. The molecule has 152 valence electrons. The van der Waals surface area contributed by atoms with Crippen molar-refractivity contribution in [1.82, 2.24) is 4.90 Å². The number of hydrogen-bond donors (Lipinski definition) is 0. The summed E-state index contributed by atoms with van der Waals surface area (Å²) >= 11 is 0. The summed E-state index contributed by atoms with van der Waals surface area (Å²) in [5.41, 5.74) is 3.50. The number of rotatable bonds is 9. The number of nitrogens with zero attached hydrogens (tertiary/aromatic N) is 1. The van der Waals surface area contributed by atoms with Crippen LogP contribution in [0.5, 0.6) is 0 Å². The second-order valence-electron chi connectivity index (χ2n) is 7.66. The fraction of sp³-hybridized carbons (Fsp3) is 0.478. The molecular formula is C23H31NO3S. The Kier molecular flexibility index (Phi) is 7.27. The molecule has 0 aliphatic carbocycles. The van der Waals surface area contributed by atoms with Crippen LogP contribution in [0, 0.1) is 0 Å². The van der Waals surface area contributed by atoms with Crippen LogP contribution in [0.25, 0.3) is 11.1 Å². The van der Waals surface area contributed by atoms with Crippen LogP contribution in [0.1, 0.15) is 31.7 Å². The van der Waals surface area contributed by atoms with Gasteiger partial charge in [-0.15, -0.1) is 0 Å². The quantitative estimate of drug-likeness (QED) is 0.591. The summed E-state index contributed by atoms with van der Waals surface area (Å²) in [7, 11) is -1.66. The predicted octanol–water partition coefficient (Wildman–Crippen LogP) is 4.19. The van der Waals surface area contributed by atoms with E-state index in [9.17, 15) is 8.42 Å². The van der Waals surface area contributed by atoms with Crippen molar-refractivity contribution in [1.29, 1.82) is 0 Å². The van der Waals surface area contributed by atoms with Gasteiger partial charge in [0, 0.05) is 26.3 Å². The van der Waals surface area contributed by atoms with Crippen molar-refractivity contribution < 1.29 is 13.2 Å². The number of hydrogen-bond acceptors (Lipinski definition) is 4. The molecule has 0 N–H and O–H groups in total. The van der Waals surface area contributed by atoms with E-state index in [1.165, 1.54) is 24.9 Å². The van der Waals surface area contributed by atoms with Crippen molar-refractivity contribution >= 4 is 9.84 Å². The SMILES string of the molecule is COCCCS(=O)(=O)c1ccc(-c2ccc(CCN3CCC[C@@H]3C)cc2)cc1. The summed E-state index contributed by atoms with van der Waals surface area (Å²) in [6.45, 7) is 5.12. The molecule has 1 saturated heterocycles. The Bertz CT molecular complexity index is 844. The Hall–Kier alpha value is -1.69. The molecule has 28 heavy (non-hydrogen) atoms. The van der Waals surface area contributed by atoms with Gasteiger partial charge in [-0.1, -0.05) is 36.4 Å². The van der Waals surface area contributed by atoms with Crippen LogP contribution in [0.3, 0.4) is 0 Å². The Labute approximate surface area is 169 Å². The molecule has 5 heteroatoms. The lowest BCUT2D eigenvalue weighted by molar-refractivity contribution is 0.199. The average molecular weight is 402 g/mol. The predicted molar refractivity (Wildman–Crippen MR) is 114 cm³/mol. The van der Waals surface area contributed by atoms with Gasteiger partial charge in [0.05, 0.1) is 10.6 Å². The van der Waals surface area contributed by atoms with Crippen LogP contribution in [0.15, 0.2) is 53.4 Å². The molecule has 0 unspecified atom stereocenters.